The van der Waals surface area contributed by atoms with Gasteiger partial charge in [0.1, 0.15) is 5.82 Å². The molecule has 0 aliphatic rings. The van der Waals surface area contributed by atoms with Gasteiger partial charge in [0.2, 0.25) is 0 Å². The minimum atomic E-state index is 0.337. The average molecular weight is 410 g/mol. The van der Waals surface area contributed by atoms with E-state index in [-0.39, 0.29) is 0 Å². The van der Waals surface area contributed by atoms with Crippen LogP contribution in [0.2, 0.25) is 0 Å². The van der Waals surface area contributed by atoms with Crippen LogP contribution in [0.4, 0.5) is 0 Å². The highest BCUT2D eigenvalue weighted by atomic mass is 15.3. The van der Waals surface area contributed by atoms with Gasteiger partial charge in [0.15, 0.2) is 5.82 Å². The maximum atomic E-state index is 4.72. The molecule has 158 valence electrons. The Bertz CT molecular complexity index is 1170. The van der Waals surface area contributed by atoms with Crippen LogP contribution >= 0.6 is 0 Å². The van der Waals surface area contributed by atoms with Crippen molar-refractivity contribution < 1.29 is 0 Å². The quantitative estimate of drug-likeness (QED) is 0.331. The Hall–Kier alpha value is -3.20. The molecule has 3 aromatic carbocycles. The zero-order valence-corrected chi connectivity index (χ0v) is 19.2. The van der Waals surface area contributed by atoms with E-state index in [1.54, 1.807) is 0 Å². The topological polar surface area (TPSA) is 30.7 Å². The number of rotatable bonds is 6. The van der Waals surface area contributed by atoms with Gasteiger partial charge in [-0.15, -0.1) is 10.2 Å². The molecule has 0 aliphatic heterocycles. The number of nitrogens with zero attached hydrogens (tertiary/aromatic N) is 3. The lowest BCUT2D eigenvalue weighted by Crippen LogP contribution is -2.10. The normalized spacial score (nSPS) is 12.2. The third kappa shape index (κ3) is 4.18. The SMILES string of the molecule is CCCC(C)c1nnc(-c2cccc(-c3ccccc3)c2)n1-c1c(C)cc(C)cc1C. The molecule has 0 spiro atoms. The predicted octanol–water partition coefficient (Wildman–Crippen LogP) is 7.43. The van der Waals surface area contributed by atoms with Gasteiger partial charge in [0, 0.05) is 11.5 Å². The second kappa shape index (κ2) is 8.89. The van der Waals surface area contributed by atoms with Gasteiger partial charge in [-0.2, -0.15) is 0 Å². The maximum absolute atomic E-state index is 4.72. The second-order valence-electron chi connectivity index (χ2n) is 8.60. The molecule has 1 unspecified atom stereocenters. The van der Waals surface area contributed by atoms with Crippen molar-refractivity contribution >= 4 is 0 Å². The van der Waals surface area contributed by atoms with Gasteiger partial charge in [-0.05, 0) is 55.5 Å². The second-order valence-corrected chi connectivity index (χ2v) is 8.60. The van der Waals surface area contributed by atoms with Crippen LogP contribution in [0.5, 0.6) is 0 Å². The van der Waals surface area contributed by atoms with Crippen molar-refractivity contribution in [1.29, 1.82) is 0 Å². The number of hydrogen-bond acceptors (Lipinski definition) is 2. The van der Waals surface area contributed by atoms with Crippen LogP contribution in [0.15, 0.2) is 66.7 Å². The Morgan fingerprint density at radius 3 is 2.10 bits per heavy atom. The zero-order valence-electron chi connectivity index (χ0n) is 19.2. The van der Waals surface area contributed by atoms with Crippen LogP contribution in [0.3, 0.4) is 0 Å². The lowest BCUT2D eigenvalue weighted by Gasteiger charge is -2.19. The van der Waals surface area contributed by atoms with E-state index in [4.69, 9.17) is 10.2 Å². The van der Waals surface area contributed by atoms with Crippen molar-refractivity contribution in [2.75, 3.05) is 0 Å². The monoisotopic (exact) mass is 409 g/mol. The highest BCUT2D eigenvalue weighted by molar-refractivity contribution is 5.71. The average Bonchev–Trinajstić information content (AvgIpc) is 3.19. The van der Waals surface area contributed by atoms with E-state index in [0.29, 0.717) is 5.92 Å². The summed E-state index contributed by atoms with van der Waals surface area (Å²) in [6.07, 6.45) is 2.21. The van der Waals surface area contributed by atoms with E-state index >= 15 is 0 Å². The highest BCUT2D eigenvalue weighted by Crippen LogP contribution is 2.33. The minimum absolute atomic E-state index is 0.337. The molecule has 4 aromatic rings. The first-order valence-corrected chi connectivity index (χ1v) is 11.2. The standard InChI is InChI=1S/C28H31N3/c1-6-11-20(3)27-29-30-28(31(27)26-21(4)16-19(2)17-22(26)5)25-15-10-14-24(18-25)23-12-8-7-9-13-23/h7-10,12-18,20H,6,11H2,1-5H3. The van der Waals surface area contributed by atoms with Crippen LogP contribution in [0, 0.1) is 20.8 Å². The van der Waals surface area contributed by atoms with E-state index in [2.05, 4.69) is 99.8 Å². The molecule has 1 aromatic heterocycles. The molecule has 0 bridgehead atoms. The number of aryl methyl sites for hydroxylation is 3. The van der Waals surface area contributed by atoms with Gasteiger partial charge in [-0.3, -0.25) is 4.57 Å². The fourth-order valence-corrected chi connectivity index (χ4v) is 4.58. The first kappa shape index (κ1) is 21.0. The van der Waals surface area contributed by atoms with Crippen LogP contribution in [0.1, 0.15) is 55.1 Å². The van der Waals surface area contributed by atoms with Crippen LogP contribution in [-0.2, 0) is 0 Å². The van der Waals surface area contributed by atoms with Crippen LogP contribution < -0.4 is 0 Å². The number of aromatic nitrogens is 3. The van der Waals surface area contributed by atoms with Crippen LogP contribution in [-0.4, -0.2) is 14.8 Å². The molecule has 1 heterocycles. The molecule has 0 amide bonds. The summed E-state index contributed by atoms with van der Waals surface area (Å²) in [5, 5.41) is 9.43. The molecule has 0 fully saturated rings. The third-order valence-electron chi connectivity index (χ3n) is 5.94. The lowest BCUT2D eigenvalue weighted by molar-refractivity contribution is 0.614. The van der Waals surface area contributed by atoms with Crippen LogP contribution in [0.25, 0.3) is 28.2 Å². The molecular formula is C28H31N3. The summed E-state index contributed by atoms with van der Waals surface area (Å²) in [6, 6.07) is 23.6. The molecule has 0 aliphatic carbocycles. The summed E-state index contributed by atoms with van der Waals surface area (Å²) >= 11 is 0. The first-order chi connectivity index (χ1) is 15.0. The van der Waals surface area contributed by atoms with Crippen molar-refractivity contribution in [2.45, 2.75) is 53.4 Å². The van der Waals surface area contributed by atoms with Gasteiger partial charge in [-0.1, -0.05) is 86.5 Å². The Kier molecular flexibility index (Phi) is 6.03. The molecule has 4 rings (SSSR count). The predicted molar refractivity (Wildman–Crippen MR) is 130 cm³/mol. The molecular weight excluding hydrogens is 378 g/mol. The summed E-state index contributed by atoms with van der Waals surface area (Å²) in [7, 11) is 0. The van der Waals surface area contributed by atoms with Gasteiger partial charge in [0.05, 0.1) is 5.69 Å². The largest absolute Gasteiger partial charge is 0.278 e. The highest BCUT2D eigenvalue weighted by Gasteiger charge is 2.22. The third-order valence-corrected chi connectivity index (χ3v) is 5.94. The Labute approximate surface area is 185 Å². The van der Waals surface area contributed by atoms with Crippen molar-refractivity contribution in [3.63, 3.8) is 0 Å². The molecule has 0 saturated carbocycles. The molecule has 0 N–H and O–H groups in total. The fraction of sp³-hybridized carbons (Fsp3) is 0.286. The molecule has 3 heteroatoms. The summed E-state index contributed by atoms with van der Waals surface area (Å²) in [4.78, 5) is 0. The lowest BCUT2D eigenvalue weighted by atomic mass is 10.0. The van der Waals surface area contributed by atoms with Gasteiger partial charge < -0.3 is 0 Å². The molecule has 0 radical (unpaired) electrons. The molecule has 1 atom stereocenters. The summed E-state index contributed by atoms with van der Waals surface area (Å²) in [5.41, 5.74) is 8.47. The van der Waals surface area contributed by atoms with Crippen molar-refractivity contribution in [3.8, 4) is 28.2 Å². The van der Waals surface area contributed by atoms with Crippen molar-refractivity contribution in [1.82, 2.24) is 14.8 Å². The molecule has 31 heavy (non-hydrogen) atoms. The molecule has 3 nitrogen and oxygen atoms in total. The van der Waals surface area contributed by atoms with E-state index < -0.39 is 0 Å². The number of hydrogen-bond donors (Lipinski definition) is 0. The fourth-order valence-electron chi connectivity index (χ4n) is 4.58. The van der Waals surface area contributed by atoms with Gasteiger partial charge in [-0.25, -0.2) is 0 Å². The summed E-state index contributed by atoms with van der Waals surface area (Å²) in [5.74, 6) is 2.28. The Morgan fingerprint density at radius 2 is 1.42 bits per heavy atom. The minimum Gasteiger partial charge on any atom is -0.278 e. The smallest absolute Gasteiger partial charge is 0.168 e. The van der Waals surface area contributed by atoms with Crippen molar-refractivity contribution in [2.24, 2.45) is 0 Å². The Morgan fingerprint density at radius 1 is 0.774 bits per heavy atom. The maximum Gasteiger partial charge on any atom is 0.168 e. The summed E-state index contributed by atoms with van der Waals surface area (Å²) < 4.78 is 2.30. The summed E-state index contributed by atoms with van der Waals surface area (Å²) in [6.45, 7) is 11.0. The van der Waals surface area contributed by atoms with Crippen molar-refractivity contribution in [3.05, 3.63) is 89.2 Å². The molecule has 0 saturated heterocycles. The van der Waals surface area contributed by atoms with E-state index in [0.717, 1.165) is 30.1 Å². The first-order valence-electron chi connectivity index (χ1n) is 11.2. The number of benzene rings is 3. The zero-order chi connectivity index (χ0) is 22.0. The van der Waals surface area contributed by atoms with Gasteiger partial charge >= 0.3 is 0 Å². The van der Waals surface area contributed by atoms with Gasteiger partial charge in [0.25, 0.3) is 0 Å². The van der Waals surface area contributed by atoms with E-state index in [1.807, 2.05) is 6.07 Å². The van der Waals surface area contributed by atoms with E-state index in [1.165, 1.54) is 33.5 Å². The Balaban J connectivity index is 1.93. The van der Waals surface area contributed by atoms with E-state index in [9.17, 15) is 0 Å².